The lowest BCUT2D eigenvalue weighted by atomic mass is 10.0. The van der Waals surface area contributed by atoms with E-state index in [0.717, 1.165) is 27.6 Å². The summed E-state index contributed by atoms with van der Waals surface area (Å²) >= 11 is 0. The van der Waals surface area contributed by atoms with E-state index in [0.29, 0.717) is 6.54 Å². The maximum absolute atomic E-state index is 11.4. The predicted molar refractivity (Wildman–Crippen MR) is 94.8 cm³/mol. The second kappa shape index (κ2) is 5.83. The molecule has 5 heteroatoms. The first kappa shape index (κ1) is 15.8. The molecule has 0 radical (unpaired) electrons. The average Bonchev–Trinajstić information content (AvgIpc) is 2.80. The van der Waals surface area contributed by atoms with Crippen LogP contribution in [0, 0.1) is 6.92 Å². The molecule has 0 bridgehead atoms. The van der Waals surface area contributed by atoms with Crippen LogP contribution in [0.2, 0.25) is 0 Å². The zero-order chi connectivity index (χ0) is 16.6. The summed E-state index contributed by atoms with van der Waals surface area (Å²) in [4.78, 5) is 0. The van der Waals surface area contributed by atoms with Gasteiger partial charge in [0.1, 0.15) is 0 Å². The van der Waals surface area contributed by atoms with Crippen molar-refractivity contribution in [1.29, 1.82) is 0 Å². The van der Waals surface area contributed by atoms with Crippen LogP contribution in [0.5, 0.6) is 0 Å². The second-order valence-corrected chi connectivity index (χ2v) is 7.79. The van der Waals surface area contributed by atoms with Crippen LogP contribution in [0.25, 0.3) is 22.0 Å². The Morgan fingerprint density at radius 3 is 2.52 bits per heavy atom. The van der Waals surface area contributed by atoms with Crippen LogP contribution < -0.4 is 4.72 Å². The Balaban J connectivity index is 2.07. The summed E-state index contributed by atoms with van der Waals surface area (Å²) in [6.45, 7) is 2.37. The molecular weight excluding hydrogens is 308 g/mol. The van der Waals surface area contributed by atoms with Crippen LogP contribution in [0.3, 0.4) is 0 Å². The van der Waals surface area contributed by atoms with Gasteiger partial charge in [-0.15, -0.1) is 0 Å². The lowest BCUT2D eigenvalue weighted by molar-refractivity contribution is 0.587. The van der Waals surface area contributed by atoms with Gasteiger partial charge in [-0.1, -0.05) is 35.9 Å². The molecule has 1 N–H and O–H groups in total. The van der Waals surface area contributed by atoms with E-state index < -0.39 is 10.0 Å². The molecular formula is C18H20N2O2S. The molecule has 3 aromatic rings. The molecule has 120 valence electrons. The molecule has 0 saturated carbocycles. The first-order valence-electron chi connectivity index (χ1n) is 7.43. The second-order valence-electron chi connectivity index (χ2n) is 5.96. The van der Waals surface area contributed by atoms with Gasteiger partial charge in [-0.05, 0) is 35.7 Å². The van der Waals surface area contributed by atoms with Gasteiger partial charge >= 0.3 is 0 Å². The largest absolute Gasteiger partial charge is 0.350 e. The lowest BCUT2D eigenvalue weighted by Gasteiger charge is -2.05. The first-order chi connectivity index (χ1) is 10.8. The summed E-state index contributed by atoms with van der Waals surface area (Å²) in [5.74, 6) is 0. The fourth-order valence-corrected chi connectivity index (χ4v) is 3.25. The van der Waals surface area contributed by atoms with Crippen molar-refractivity contribution in [2.24, 2.45) is 7.05 Å². The van der Waals surface area contributed by atoms with Crippen LogP contribution in [0.1, 0.15) is 11.1 Å². The maximum Gasteiger partial charge on any atom is 0.209 e. The summed E-state index contributed by atoms with van der Waals surface area (Å²) in [7, 11) is -1.24. The van der Waals surface area contributed by atoms with E-state index in [2.05, 4.69) is 48.0 Å². The molecule has 0 aliphatic rings. The summed E-state index contributed by atoms with van der Waals surface area (Å²) in [6, 6.07) is 14.7. The first-order valence-corrected chi connectivity index (χ1v) is 9.32. The van der Waals surface area contributed by atoms with E-state index in [1.54, 1.807) is 0 Å². The van der Waals surface area contributed by atoms with Crippen molar-refractivity contribution >= 4 is 20.9 Å². The van der Waals surface area contributed by atoms with Crippen molar-refractivity contribution in [3.05, 3.63) is 59.8 Å². The van der Waals surface area contributed by atoms with Gasteiger partial charge < -0.3 is 4.57 Å². The van der Waals surface area contributed by atoms with E-state index >= 15 is 0 Å². The van der Waals surface area contributed by atoms with Gasteiger partial charge in [-0.25, -0.2) is 13.1 Å². The fourth-order valence-electron chi connectivity index (χ4n) is 2.83. The molecule has 1 aromatic heterocycles. The van der Waals surface area contributed by atoms with Crippen LogP contribution in [0.4, 0.5) is 0 Å². The summed E-state index contributed by atoms with van der Waals surface area (Å²) in [5, 5.41) is 1.07. The van der Waals surface area contributed by atoms with Gasteiger partial charge in [0.05, 0.1) is 6.26 Å². The molecule has 0 fully saturated rings. The minimum absolute atomic E-state index is 0.299. The molecule has 3 rings (SSSR count). The maximum atomic E-state index is 11.4. The fraction of sp³-hybridized carbons (Fsp3) is 0.222. The number of nitrogens with zero attached hydrogens (tertiary/aromatic N) is 1. The molecule has 0 amide bonds. The molecule has 23 heavy (non-hydrogen) atoms. The number of rotatable bonds is 4. The quantitative estimate of drug-likeness (QED) is 0.799. The molecule has 2 aromatic carbocycles. The van der Waals surface area contributed by atoms with E-state index in [9.17, 15) is 8.42 Å². The number of sulfonamides is 1. The molecule has 4 nitrogen and oxygen atoms in total. The Morgan fingerprint density at radius 1 is 1.09 bits per heavy atom. The predicted octanol–water partition coefficient (Wildman–Crippen LogP) is 3.20. The highest BCUT2D eigenvalue weighted by atomic mass is 32.2. The molecule has 0 unspecified atom stereocenters. The average molecular weight is 328 g/mol. The normalized spacial score (nSPS) is 12.0. The Hall–Kier alpha value is -2.11. The zero-order valence-corrected chi connectivity index (χ0v) is 14.3. The Kier molecular flexibility index (Phi) is 4.00. The smallest absolute Gasteiger partial charge is 0.209 e. The number of aryl methyl sites for hydroxylation is 2. The van der Waals surface area contributed by atoms with Crippen LogP contribution in [-0.4, -0.2) is 19.2 Å². The third kappa shape index (κ3) is 3.46. The molecule has 0 saturated heterocycles. The molecule has 0 aliphatic carbocycles. The number of benzene rings is 2. The van der Waals surface area contributed by atoms with Crippen LogP contribution in [-0.2, 0) is 23.6 Å². The minimum Gasteiger partial charge on any atom is -0.350 e. The van der Waals surface area contributed by atoms with Crippen molar-refractivity contribution in [1.82, 2.24) is 9.29 Å². The summed E-state index contributed by atoms with van der Waals surface area (Å²) in [6.07, 6.45) is 3.15. The number of aromatic nitrogens is 1. The van der Waals surface area contributed by atoms with Gasteiger partial charge in [0.25, 0.3) is 0 Å². The number of hydrogen-bond donors (Lipinski definition) is 1. The van der Waals surface area contributed by atoms with Crippen LogP contribution >= 0.6 is 0 Å². The van der Waals surface area contributed by atoms with Crippen molar-refractivity contribution in [3.63, 3.8) is 0 Å². The zero-order valence-electron chi connectivity index (χ0n) is 13.5. The standard InChI is InChI=1S/C18H20N2O2S/c1-13-5-4-6-14(9-13)15-7-8-18-17(10-15)16(12-20(18)2)11-19-23(3,21)22/h4-10,12,19H,11H2,1-3H3. The monoisotopic (exact) mass is 328 g/mol. The van der Waals surface area contributed by atoms with E-state index in [-0.39, 0.29) is 0 Å². The highest BCUT2D eigenvalue weighted by Gasteiger charge is 2.10. The van der Waals surface area contributed by atoms with Crippen molar-refractivity contribution in [3.8, 4) is 11.1 Å². The van der Waals surface area contributed by atoms with Crippen molar-refractivity contribution in [2.75, 3.05) is 6.26 Å². The number of fused-ring (bicyclic) bond motifs is 1. The van der Waals surface area contributed by atoms with Gasteiger partial charge in [0.15, 0.2) is 0 Å². The molecule has 1 heterocycles. The Labute approximate surface area is 136 Å². The highest BCUT2D eigenvalue weighted by molar-refractivity contribution is 7.88. The van der Waals surface area contributed by atoms with Crippen molar-refractivity contribution in [2.45, 2.75) is 13.5 Å². The number of hydrogen-bond acceptors (Lipinski definition) is 2. The van der Waals surface area contributed by atoms with E-state index in [1.165, 1.54) is 11.8 Å². The topological polar surface area (TPSA) is 51.1 Å². The minimum atomic E-state index is -3.21. The number of nitrogens with one attached hydrogen (secondary N) is 1. The van der Waals surface area contributed by atoms with Gasteiger partial charge in [0.2, 0.25) is 10.0 Å². The lowest BCUT2D eigenvalue weighted by Crippen LogP contribution is -2.21. The molecule has 0 aliphatic heterocycles. The summed E-state index contributed by atoms with van der Waals surface area (Å²) in [5.41, 5.74) is 5.58. The third-order valence-electron chi connectivity index (χ3n) is 3.95. The van der Waals surface area contributed by atoms with E-state index in [4.69, 9.17) is 0 Å². The van der Waals surface area contributed by atoms with Crippen LogP contribution in [0.15, 0.2) is 48.7 Å². The SMILES string of the molecule is Cc1cccc(-c2ccc3c(c2)c(CNS(C)(=O)=O)cn3C)c1. The highest BCUT2D eigenvalue weighted by Crippen LogP contribution is 2.28. The van der Waals surface area contributed by atoms with Crippen molar-refractivity contribution < 1.29 is 8.42 Å². The van der Waals surface area contributed by atoms with Gasteiger partial charge in [-0.2, -0.15) is 0 Å². The summed E-state index contributed by atoms with van der Waals surface area (Å²) < 4.78 is 27.3. The van der Waals surface area contributed by atoms with E-state index in [1.807, 2.05) is 23.9 Å². The van der Waals surface area contributed by atoms with Gasteiger partial charge in [-0.3, -0.25) is 0 Å². The third-order valence-corrected chi connectivity index (χ3v) is 4.62. The molecule has 0 atom stereocenters. The molecule has 0 spiro atoms. The Morgan fingerprint density at radius 2 is 1.83 bits per heavy atom. The Bertz CT molecular complexity index is 972. The van der Waals surface area contributed by atoms with Gasteiger partial charge in [0, 0.05) is 30.7 Å².